The highest BCUT2D eigenvalue weighted by Gasteiger charge is 2.35. The molecule has 1 unspecified atom stereocenters. The number of hydrogen-bond donors (Lipinski definition) is 0. The van der Waals surface area contributed by atoms with Gasteiger partial charge in [-0.1, -0.05) is 18.6 Å². The van der Waals surface area contributed by atoms with Crippen LogP contribution < -0.4 is 0 Å². The number of benzene rings is 1. The smallest absolute Gasteiger partial charge is 0.244 e. The first-order chi connectivity index (χ1) is 9.96. The molecular weight excluding hydrogens is 288 g/mol. The van der Waals surface area contributed by atoms with Crippen molar-refractivity contribution >= 4 is 15.8 Å². The molecule has 1 fully saturated rings. The van der Waals surface area contributed by atoms with Crippen LogP contribution in [0.5, 0.6) is 0 Å². The van der Waals surface area contributed by atoms with Crippen LogP contribution in [0.2, 0.25) is 0 Å². The molecule has 0 aromatic heterocycles. The Kier molecular flexibility index (Phi) is 4.76. The lowest BCUT2D eigenvalue weighted by molar-refractivity contribution is -0.118. The molecule has 2 rings (SSSR count). The third-order valence-corrected chi connectivity index (χ3v) is 5.70. The van der Waals surface area contributed by atoms with Crippen LogP contribution in [-0.2, 0) is 14.8 Å². The average molecular weight is 306 g/mol. The number of nitrogens with zero attached hydrogens (tertiary/aromatic N) is 2. The maximum absolute atomic E-state index is 12.8. The summed E-state index contributed by atoms with van der Waals surface area (Å²) in [4.78, 5) is 11.4. The summed E-state index contributed by atoms with van der Waals surface area (Å²) in [5, 5.41) is 9.10. The monoisotopic (exact) mass is 306 g/mol. The Morgan fingerprint density at radius 3 is 2.76 bits per heavy atom. The molecule has 0 aliphatic carbocycles. The van der Waals surface area contributed by atoms with Gasteiger partial charge in [-0.2, -0.15) is 9.57 Å². The van der Waals surface area contributed by atoms with Crippen molar-refractivity contribution in [1.29, 1.82) is 5.26 Å². The van der Waals surface area contributed by atoms with Crippen molar-refractivity contribution < 1.29 is 13.2 Å². The SMILES string of the molecule is CC(=O)CC1CCCCN1S(=O)(=O)c1ccccc1C#N. The van der Waals surface area contributed by atoms with Crippen LogP contribution >= 0.6 is 0 Å². The zero-order valence-corrected chi connectivity index (χ0v) is 12.8. The van der Waals surface area contributed by atoms with Crippen LogP contribution in [-0.4, -0.2) is 31.1 Å². The van der Waals surface area contributed by atoms with Gasteiger partial charge in [0, 0.05) is 19.0 Å². The van der Waals surface area contributed by atoms with E-state index in [0.717, 1.165) is 12.8 Å². The summed E-state index contributed by atoms with van der Waals surface area (Å²) in [7, 11) is -3.74. The molecular formula is C15H18N2O3S. The predicted octanol–water partition coefficient (Wildman–Crippen LogP) is 2.08. The quantitative estimate of drug-likeness (QED) is 0.853. The van der Waals surface area contributed by atoms with Crippen LogP contribution in [0.15, 0.2) is 29.2 Å². The standard InChI is InChI=1S/C15H18N2O3S/c1-12(18)10-14-7-4-5-9-17(14)21(19,20)15-8-3-2-6-13(15)11-16/h2-3,6,8,14H,4-5,7,9-10H2,1H3. The van der Waals surface area contributed by atoms with Crippen molar-refractivity contribution in [3.63, 3.8) is 0 Å². The molecule has 1 heterocycles. The minimum atomic E-state index is -3.74. The van der Waals surface area contributed by atoms with E-state index in [1.165, 1.54) is 23.4 Å². The zero-order valence-electron chi connectivity index (χ0n) is 11.9. The lowest BCUT2D eigenvalue weighted by atomic mass is 10.0. The van der Waals surface area contributed by atoms with E-state index in [1.807, 2.05) is 6.07 Å². The predicted molar refractivity (Wildman–Crippen MR) is 78.0 cm³/mol. The summed E-state index contributed by atoms with van der Waals surface area (Å²) in [6, 6.07) is 7.82. The van der Waals surface area contributed by atoms with E-state index in [2.05, 4.69) is 0 Å². The molecule has 5 nitrogen and oxygen atoms in total. The number of Topliss-reactive ketones (excluding diaryl/α,β-unsaturated/α-hetero) is 1. The molecule has 1 aliphatic rings. The maximum Gasteiger partial charge on any atom is 0.244 e. The number of carbonyl (C=O) groups is 1. The molecule has 0 spiro atoms. The second kappa shape index (κ2) is 6.37. The summed E-state index contributed by atoms with van der Waals surface area (Å²) in [5.74, 6) is -0.0179. The topological polar surface area (TPSA) is 78.2 Å². The van der Waals surface area contributed by atoms with E-state index in [9.17, 15) is 13.2 Å². The normalized spacial score (nSPS) is 19.9. The third-order valence-electron chi connectivity index (χ3n) is 3.69. The number of nitriles is 1. The Balaban J connectivity index is 2.41. The van der Waals surface area contributed by atoms with Gasteiger partial charge in [-0.15, -0.1) is 0 Å². The van der Waals surface area contributed by atoms with Crippen molar-refractivity contribution in [2.45, 2.75) is 43.5 Å². The van der Waals surface area contributed by atoms with Gasteiger partial charge >= 0.3 is 0 Å². The summed E-state index contributed by atoms with van der Waals surface area (Å²) in [6.07, 6.45) is 2.62. The average Bonchev–Trinajstić information content (AvgIpc) is 2.47. The van der Waals surface area contributed by atoms with Crippen molar-refractivity contribution in [2.75, 3.05) is 6.54 Å². The fourth-order valence-corrected chi connectivity index (χ4v) is 4.57. The van der Waals surface area contributed by atoms with Gasteiger partial charge in [0.2, 0.25) is 10.0 Å². The van der Waals surface area contributed by atoms with E-state index >= 15 is 0 Å². The number of piperidine rings is 1. The molecule has 21 heavy (non-hydrogen) atoms. The summed E-state index contributed by atoms with van der Waals surface area (Å²) in [5.41, 5.74) is 0.143. The molecule has 0 radical (unpaired) electrons. The fraction of sp³-hybridized carbons (Fsp3) is 0.467. The second-order valence-corrected chi connectivity index (χ2v) is 7.14. The first-order valence-electron chi connectivity index (χ1n) is 6.97. The van der Waals surface area contributed by atoms with Crippen molar-refractivity contribution in [3.8, 4) is 6.07 Å². The number of hydrogen-bond acceptors (Lipinski definition) is 4. The lowest BCUT2D eigenvalue weighted by Gasteiger charge is -2.34. The van der Waals surface area contributed by atoms with E-state index in [0.29, 0.717) is 13.0 Å². The Labute approximate surface area is 125 Å². The van der Waals surface area contributed by atoms with Crippen LogP contribution in [0.1, 0.15) is 38.2 Å². The molecule has 0 amide bonds. The van der Waals surface area contributed by atoms with Crippen molar-refractivity contribution in [3.05, 3.63) is 29.8 Å². The zero-order chi connectivity index (χ0) is 15.5. The van der Waals surface area contributed by atoms with Gasteiger partial charge in [0.05, 0.1) is 10.5 Å². The Morgan fingerprint density at radius 2 is 2.10 bits per heavy atom. The largest absolute Gasteiger partial charge is 0.300 e. The van der Waals surface area contributed by atoms with Crippen molar-refractivity contribution in [1.82, 2.24) is 4.31 Å². The molecule has 1 aliphatic heterocycles. The van der Waals surface area contributed by atoms with Gasteiger partial charge in [0.25, 0.3) is 0 Å². The first kappa shape index (κ1) is 15.7. The Morgan fingerprint density at radius 1 is 1.38 bits per heavy atom. The number of ketones is 1. The summed E-state index contributed by atoms with van der Waals surface area (Å²) < 4.78 is 27.0. The molecule has 1 saturated heterocycles. The van der Waals surface area contributed by atoms with Gasteiger partial charge in [-0.25, -0.2) is 8.42 Å². The summed E-state index contributed by atoms with van der Waals surface area (Å²) >= 11 is 0. The molecule has 0 bridgehead atoms. The van der Waals surface area contributed by atoms with E-state index in [-0.39, 0.29) is 28.7 Å². The van der Waals surface area contributed by atoms with Crippen LogP contribution in [0.25, 0.3) is 0 Å². The van der Waals surface area contributed by atoms with Gasteiger partial charge in [0.1, 0.15) is 11.9 Å². The lowest BCUT2D eigenvalue weighted by Crippen LogP contribution is -2.44. The minimum absolute atomic E-state index is 0.0179. The fourth-order valence-electron chi connectivity index (χ4n) is 2.74. The van der Waals surface area contributed by atoms with Gasteiger partial charge in [-0.3, -0.25) is 4.79 Å². The van der Waals surface area contributed by atoms with Gasteiger partial charge in [0.15, 0.2) is 0 Å². The van der Waals surface area contributed by atoms with Crippen molar-refractivity contribution in [2.24, 2.45) is 0 Å². The highest BCUT2D eigenvalue weighted by atomic mass is 32.2. The van der Waals surface area contributed by atoms with Crippen LogP contribution in [0.4, 0.5) is 0 Å². The van der Waals surface area contributed by atoms with E-state index < -0.39 is 10.0 Å². The van der Waals surface area contributed by atoms with Crippen LogP contribution in [0.3, 0.4) is 0 Å². The molecule has 1 atom stereocenters. The third kappa shape index (κ3) is 3.31. The molecule has 0 N–H and O–H groups in total. The molecule has 1 aromatic rings. The molecule has 1 aromatic carbocycles. The molecule has 112 valence electrons. The maximum atomic E-state index is 12.8. The van der Waals surface area contributed by atoms with E-state index in [1.54, 1.807) is 12.1 Å². The van der Waals surface area contributed by atoms with Gasteiger partial charge < -0.3 is 0 Å². The summed E-state index contributed by atoms with van der Waals surface area (Å²) in [6.45, 7) is 1.88. The van der Waals surface area contributed by atoms with E-state index in [4.69, 9.17) is 5.26 Å². The highest BCUT2D eigenvalue weighted by Crippen LogP contribution is 2.28. The first-order valence-corrected chi connectivity index (χ1v) is 8.41. The second-order valence-electron chi connectivity index (χ2n) is 5.28. The van der Waals surface area contributed by atoms with Gasteiger partial charge in [-0.05, 0) is 31.9 Å². The number of rotatable bonds is 4. The highest BCUT2D eigenvalue weighted by molar-refractivity contribution is 7.89. The Hall–Kier alpha value is -1.71. The number of carbonyl (C=O) groups excluding carboxylic acids is 1. The minimum Gasteiger partial charge on any atom is -0.300 e. The van der Waals surface area contributed by atoms with Crippen LogP contribution in [0, 0.1) is 11.3 Å². The molecule has 6 heteroatoms. The number of sulfonamides is 1. The molecule has 0 saturated carbocycles. The Bertz CT molecular complexity index is 676.